The summed E-state index contributed by atoms with van der Waals surface area (Å²) in [6.45, 7) is 6.92. The minimum atomic E-state index is -3.62. The third kappa shape index (κ3) is 5.04. The highest BCUT2D eigenvalue weighted by atomic mass is 32.2. The predicted molar refractivity (Wildman–Crippen MR) is 114 cm³/mol. The molecule has 1 aliphatic heterocycles. The lowest BCUT2D eigenvalue weighted by Crippen LogP contribution is -2.48. The average molecular weight is 416 g/mol. The number of hydrogen-bond donors (Lipinski definition) is 0. The van der Waals surface area contributed by atoms with Crippen molar-refractivity contribution in [1.29, 1.82) is 0 Å². The summed E-state index contributed by atoms with van der Waals surface area (Å²) in [5.74, 6) is -0.176. The van der Waals surface area contributed by atoms with E-state index in [2.05, 4.69) is 17.0 Å². The number of amides is 1. The maximum atomic E-state index is 13.1. The first-order valence-corrected chi connectivity index (χ1v) is 11.4. The molecule has 0 saturated carbocycles. The first-order chi connectivity index (χ1) is 13.8. The van der Waals surface area contributed by atoms with Gasteiger partial charge in [-0.15, -0.1) is 0 Å². The van der Waals surface area contributed by atoms with Crippen LogP contribution in [0.1, 0.15) is 29.8 Å². The zero-order valence-corrected chi connectivity index (χ0v) is 18.1. The molecule has 1 amide bonds. The zero-order valence-electron chi connectivity index (χ0n) is 17.3. The quantitative estimate of drug-likeness (QED) is 0.728. The lowest BCUT2D eigenvalue weighted by Gasteiger charge is -2.34. The Labute approximate surface area is 173 Å². The molecule has 156 valence electrons. The summed E-state index contributed by atoms with van der Waals surface area (Å²) in [5.41, 5.74) is 1.62. The second-order valence-corrected chi connectivity index (χ2v) is 9.64. The second-order valence-electron chi connectivity index (χ2n) is 7.70. The van der Waals surface area contributed by atoms with Crippen molar-refractivity contribution < 1.29 is 13.2 Å². The first kappa shape index (κ1) is 21.5. The maximum Gasteiger partial charge on any atom is 0.253 e. The van der Waals surface area contributed by atoms with E-state index in [0.29, 0.717) is 31.7 Å². The van der Waals surface area contributed by atoms with E-state index >= 15 is 0 Å². The standard InChI is InChI=1S/C22H29N3O3S/c1-18(2)23(3)22(26)20-10-7-11-21(16-20)29(27,28)25-14-12-24(13-15-25)17-19-8-5-4-6-9-19/h4-11,16,18H,12-15,17H2,1-3H3. The van der Waals surface area contributed by atoms with Gasteiger partial charge in [0.05, 0.1) is 4.90 Å². The summed E-state index contributed by atoms with van der Waals surface area (Å²) < 4.78 is 27.7. The Kier molecular flexibility index (Phi) is 6.72. The molecule has 1 heterocycles. The van der Waals surface area contributed by atoms with Crippen molar-refractivity contribution in [2.24, 2.45) is 0 Å². The Bertz CT molecular complexity index is 937. The fourth-order valence-electron chi connectivity index (χ4n) is 3.35. The third-order valence-electron chi connectivity index (χ3n) is 5.39. The van der Waals surface area contributed by atoms with E-state index in [0.717, 1.165) is 6.54 Å². The van der Waals surface area contributed by atoms with Crippen LogP contribution >= 0.6 is 0 Å². The molecule has 7 heteroatoms. The van der Waals surface area contributed by atoms with Gasteiger partial charge in [0.25, 0.3) is 5.91 Å². The molecule has 1 saturated heterocycles. The number of carbonyl (C=O) groups is 1. The molecule has 0 aliphatic carbocycles. The normalized spacial score (nSPS) is 16.1. The van der Waals surface area contributed by atoms with E-state index in [4.69, 9.17) is 0 Å². The fourth-order valence-corrected chi connectivity index (χ4v) is 4.82. The van der Waals surface area contributed by atoms with Crippen LogP contribution in [0.15, 0.2) is 59.5 Å². The summed E-state index contributed by atoms with van der Waals surface area (Å²) in [4.78, 5) is 16.6. The SMILES string of the molecule is CC(C)N(C)C(=O)c1cccc(S(=O)(=O)N2CCN(Cc3ccccc3)CC2)c1. The smallest absolute Gasteiger partial charge is 0.253 e. The van der Waals surface area contributed by atoms with Gasteiger partial charge in [-0.2, -0.15) is 4.31 Å². The number of sulfonamides is 1. The molecule has 0 radical (unpaired) electrons. The van der Waals surface area contributed by atoms with Crippen LogP contribution in [0.3, 0.4) is 0 Å². The monoisotopic (exact) mass is 415 g/mol. The Morgan fingerprint density at radius 2 is 1.66 bits per heavy atom. The molecule has 0 spiro atoms. The lowest BCUT2D eigenvalue weighted by atomic mass is 10.2. The van der Waals surface area contributed by atoms with Crippen LogP contribution in [0, 0.1) is 0 Å². The van der Waals surface area contributed by atoms with Gasteiger partial charge < -0.3 is 4.90 Å². The Balaban J connectivity index is 1.69. The van der Waals surface area contributed by atoms with Crippen LogP contribution in [0.25, 0.3) is 0 Å². The van der Waals surface area contributed by atoms with Crippen molar-refractivity contribution >= 4 is 15.9 Å². The number of hydrogen-bond acceptors (Lipinski definition) is 4. The van der Waals surface area contributed by atoms with Gasteiger partial charge in [-0.3, -0.25) is 9.69 Å². The minimum Gasteiger partial charge on any atom is -0.339 e. The Morgan fingerprint density at radius 1 is 1.00 bits per heavy atom. The van der Waals surface area contributed by atoms with Gasteiger partial charge in [0.15, 0.2) is 0 Å². The van der Waals surface area contributed by atoms with Crippen molar-refractivity contribution in [1.82, 2.24) is 14.1 Å². The van der Waals surface area contributed by atoms with Gasteiger partial charge in [-0.05, 0) is 37.6 Å². The summed E-state index contributed by atoms with van der Waals surface area (Å²) in [7, 11) is -1.90. The first-order valence-electron chi connectivity index (χ1n) is 9.92. The number of benzene rings is 2. The molecule has 2 aromatic rings. The number of piperazine rings is 1. The lowest BCUT2D eigenvalue weighted by molar-refractivity contribution is 0.0754. The number of nitrogens with zero attached hydrogens (tertiary/aromatic N) is 3. The summed E-state index contributed by atoms with van der Waals surface area (Å²) in [6.07, 6.45) is 0. The van der Waals surface area contributed by atoms with Crippen molar-refractivity contribution in [3.05, 3.63) is 65.7 Å². The van der Waals surface area contributed by atoms with E-state index in [1.54, 1.807) is 30.1 Å². The predicted octanol–water partition coefficient (Wildman–Crippen LogP) is 2.67. The molecule has 0 N–H and O–H groups in total. The highest BCUT2D eigenvalue weighted by molar-refractivity contribution is 7.89. The molecule has 2 aromatic carbocycles. The molecule has 0 aromatic heterocycles. The summed E-state index contributed by atoms with van der Waals surface area (Å²) >= 11 is 0. The van der Waals surface area contributed by atoms with Gasteiger partial charge in [0.1, 0.15) is 0 Å². The molecule has 1 fully saturated rings. The molecule has 3 rings (SSSR count). The van der Waals surface area contributed by atoms with Crippen molar-refractivity contribution in [2.75, 3.05) is 33.2 Å². The van der Waals surface area contributed by atoms with Crippen molar-refractivity contribution in [3.63, 3.8) is 0 Å². The maximum absolute atomic E-state index is 13.1. The van der Waals surface area contributed by atoms with Crippen LogP contribution in [-0.2, 0) is 16.6 Å². The number of rotatable bonds is 6. The van der Waals surface area contributed by atoms with Crippen molar-refractivity contribution in [2.45, 2.75) is 31.3 Å². The second kappa shape index (κ2) is 9.07. The van der Waals surface area contributed by atoms with Gasteiger partial charge in [-0.1, -0.05) is 36.4 Å². The number of carbonyl (C=O) groups excluding carboxylic acids is 1. The summed E-state index contributed by atoms with van der Waals surface area (Å²) in [5, 5.41) is 0. The Hall–Kier alpha value is -2.22. The molecule has 0 unspecified atom stereocenters. The van der Waals surface area contributed by atoms with E-state index < -0.39 is 10.0 Å². The molecular weight excluding hydrogens is 386 g/mol. The molecule has 1 aliphatic rings. The topological polar surface area (TPSA) is 60.9 Å². The molecule has 6 nitrogen and oxygen atoms in total. The van der Waals surface area contributed by atoms with E-state index in [-0.39, 0.29) is 16.8 Å². The van der Waals surface area contributed by atoms with Crippen LogP contribution in [0.5, 0.6) is 0 Å². The minimum absolute atomic E-state index is 0.0421. The zero-order chi connectivity index (χ0) is 21.0. The van der Waals surface area contributed by atoms with Gasteiger partial charge in [-0.25, -0.2) is 8.42 Å². The van der Waals surface area contributed by atoms with Crippen molar-refractivity contribution in [3.8, 4) is 0 Å². The van der Waals surface area contributed by atoms with Gasteiger partial charge >= 0.3 is 0 Å². The van der Waals surface area contributed by atoms with Crippen LogP contribution in [-0.4, -0.2) is 67.7 Å². The molecular formula is C22H29N3O3S. The average Bonchev–Trinajstić information content (AvgIpc) is 2.74. The fraction of sp³-hybridized carbons (Fsp3) is 0.409. The van der Waals surface area contributed by atoms with Crippen LogP contribution in [0.2, 0.25) is 0 Å². The summed E-state index contributed by atoms with van der Waals surface area (Å²) in [6, 6.07) is 16.6. The molecule has 29 heavy (non-hydrogen) atoms. The molecule has 0 bridgehead atoms. The van der Waals surface area contributed by atoms with Gasteiger partial charge in [0, 0.05) is 51.4 Å². The Morgan fingerprint density at radius 3 is 2.28 bits per heavy atom. The van der Waals surface area contributed by atoms with Crippen LogP contribution in [0.4, 0.5) is 0 Å². The highest BCUT2D eigenvalue weighted by Crippen LogP contribution is 2.20. The van der Waals surface area contributed by atoms with E-state index in [9.17, 15) is 13.2 Å². The van der Waals surface area contributed by atoms with Crippen LogP contribution < -0.4 is 0 Å². The third-order valence-corrected chi connectivity index (χ3v) is 7.29. The molecule has 0 atom stereocenters. The van der Waals surface area contributed by atoms with E-state index in [1.165, 1.54) is 15.9 Å². The van der Waals surface area contributed by atoms with Gasteiger partial charge in [0.2, 0.25) is 10.0 Å². The van der Waals surface area contributed by atoms with E-state index in [1.807, 2.05) is 32.0 Å². The largest absolute Gasteiger partial charge is 0.339 e. The highest BCUT2D eigenvalue weighted by Gasteiger charge is 2.29.